The molecule has 0 saturated heterocycles. The van der Waals surface area contributed by atoms with Crippen LogP contribution in [0.1, 0.15) is 16.8 Å². The number of nitrogens with zero attached hydrogens (tertiary/aromatic N) is 4. The number of aldehydes is 1. The van der Waals surface area contributed by atoms with Crippen LogP contribution in [0.5, 0.6) is 0 Å². The summed E-state index contributed by atoms with van der Waals surface area (Å²) in [6, 6.07) is 7.78. The van der Waals surface area contributed by atoms with Crippen molar-refractivity contribution in [3.63, 3.8) is 0 Å². The largest absolute Gasteiger partial charge is 0.347 e. The van der Waals surface area contributed by atoms with Gasteiger partial charge in [0.25, 0.3) is 0 Å². The summed E-state index contributed by atoms with van der Waals surface area (Å²) in [5, 5.41) is 4.46. The molecule has 0 unspecified atom stereocenters. The lowest BCUT2D eigenvalue weighted by Crippen LogP contribution is -1.97. The standard InChI is InChI=1S/C12H12N4O/c13-15-14-6-3-7-16-8-10(9-17)11-4-1-2-5-12(11)16/h1-2,4-5,8-9H,3,6-7H2. The Labute approximate surface area is 98.3 Å². The molecule has 2 aromatic rings. The van der Waals surface area contributed by atoms with Crippen LogP contribution in [0.4, 0.5) is 0 Å². The summed E-state index contributed by atoms with van der Waals surface area (Å²) in [6.07, 6.45) is 3.47. The average Bonchev–Trinajstić information content (AvgIpc) is 2.73. The number of hydrogen-bond donors (Lipinski definition) is 0. The van der Waals surface area contributed by atoms with Crippen LogP contribution < -0.4 is 0 Å². The molecular weight excluding hydrogens is 216 g/mol. The van der Waals surface area contributed by atoms with Gasteiger partial charge in [0.1, 0.15) is 0 Å². The smallest absolute Gasteiger partial charge is 0.152 e. The van der Waals surface area contributed by atoms with Crippen LogP contribution in [0, 0.1) is 0 Å². The highest BCUT2D eigenvalue weighted by Crippen LogP contribution is 2.20. The van der Waals surface area contributed by atoms with Crippen molar-refractivity contribution >= 4 is 17.2 Å². The van der Waals surface area contributed by atoms with E-state index in [1.54, 1.807) is 0 Å². The van der Waals surface area contributed by atoms with Crippen molar-refractivity contribution in [1.29, 1.82) is 0 Å². The number of carbonyl (C=O) groups is 1. The van der Waals surface area contributed by atoms with Crippen LogP contribution in [0.15, 0.2) is 35.6 Å². The highest BCUT2D eigenvalue weighted by atomic mass is 16.1. The first-order chi connectivity index (χ1) is 8.36. The van der Waals surface area contributed by atoms with Crippen molar-refractivity contribution in [2.75, 3.05) is 6.54 Å². The molecule has 86 valence electrons. The molecule has 0 amide bonds. The molecule has 1 aromatic heterocycles. The third-order valence-corrected chi connectivity index (χ3v) is 2.67. The van der Waals surface area contributed by atoms with E-state index in [9.17, 15) is 4.79 Å². The highest BCUT2D eigenvalue weighted by molar-refractivity contribution is 5.97. The Hall–Kier alpha value is -2.26. The van der Waals surface area contributed by atoms with Gasteiger partial charge in [-0.25, -0.2) is 0 Å². The monoisotopic (exact) mass is 228 g/mol. The van der Waals surface area contributed by atoms with Crippen molar-refractivity contribution in [2.24, 2.45) is 5.11 Å². The molecule has 0 aliphatic rings. The SMILES string of the molecule is [N-]=[N+]=NCCCn1cc(C=O)c2ccccc21. The summed E-state index contributed by atoms with van der Waals surface area (Å²) < 4.78 is 2.02. The van der Waals surface area contributed by atoms with E-state index in [-0.39, 0.29) is 0 Å². The summed E-state index contributed by atoms with van der Waals surface area (Å²) in [5.74, 6) is 0. The van der Waals surface area contributed by atoms with Crippen LogP contribution in [-0.4, -0.2) is 17.4 Å². The maximum Gasteiger partial charge on any atom is 0.152 e. The molecule has 0 radical (unpaired) electrons. The molecule has 1 heterocycles. The normalized spacial score (nSPS) is 10.1. The first-order valence-corrected chi connectivity index (χ1v) is 5.40. The quantitative estimate of drug-likeness (QED) is 0.255. The average molecular weight is 228 g/mol. The van der Waals surface area contributed by atoms with Gasteiger partial charge in [0.05, 0.1) is 0 Å². The van der Waals surface area contributed by atoms with Gasteiger partial charge < -0.3 is 4.57 Å². The molecule has 0 N–H and O–H groups in total. The molecule has 5 heteroatoms. The van der Waals surface area contributed by atoms with Crippen molar-refractivity contribution in [3.8, 4) is 0 Å². The molecule has 0 spiro atoms. The zero-order valence-corrected chi connectivity index (χ0v) is 9.28. The molecule has 0 fully saturated rings. The number of aryl methyl sites for hydroxylation is 1. The number of azide groups is 1. The number of fused-ring (bicyclic) bond motifs is 1. The van der Waals surface area contributed by atoms with Crippen LogP contribution in [0.25, 0.3) is 21.3 Å². The Bertz CT molecular complexity index is 581. The number of hydrogen-bond acceptors (Lipinski definition) is 2. The third kappa shape index (κ3) is 2.29. The van der Waals surface area contributed by atoms with Crippen molar-refractivity contribution in [3.05, 3.63) is 46.5 Å². The van der Waals surface area contributed by atoms with Crippen LogP contribution in [0.3, 0.4) is 0 Å². The summed E-state index contributed by atoms with van der Waals surface area (Å²) in [5.41, 5.74) is 9.92. The number of benzene rings is 1. The number of carbonyl (C=O) groups excluding carboxylic acids is 1. The van der Waals surface area contributed by atoms with Crippen LogP contribution in [-0.2, 0) is 6.54 Å². The van der Waals surface area contributed by atoms with Gasteiger partial charge in [-0.2, -0.15) is 0 Å². The topological polar surface area (TPSA) is 70.8 Å². The summed E-state index contributed by atoms with van der Waals surface area (Å²) in [6.45, 7) is 1.22. The van der Waals surface area contributed by atoms with Crippen molar-refractivity contribution < 1.29 is 4.79 Å². The van der Waals surface area contributed by atoms with Crippen LogP contribution in [0.2, 0.25) is 0 Å². The van der Waals surface area contributed by atoms with E-state index in [0.717, 1.165) is 30.2 Å². The fourth-order valence-corrected chi connectivity index (χ4v) is 1.91. The Morgan fingerprint density at radius 1 is 1.41 bits per heavy atom. The van der Waals surface area contributed by atoms with E-state index in [1.807, 2.05) is 35.0 Å². The molecule has 0 aliphatic heterocycles. The second kappa shape index (κ2) is 5.18. The van der Waals surface area contributed by atoms with E-state index < -0.39 is 0 Å². The van der Waals surface area contributed by atoms with E-state index in [2.05, 4.69) is 10.0 Å². The lowest BCUT2D eigenvalue weighted by Gasteiger charge is -2.02. The maximum absolute atomic E-state index is 10.9. The lowest BCUT2D eigenvalue weighted by atomic mass is 10.2. The summed E-state index contributed by atoms with van der Waals surface area (Å²) in [4.78, 5) is 13.6. The number of aromatic nitrogens is 1. The Balaban J connectivity index is 2.27. The zero-order chi connectivity index (χ0) is 12.1. The number of rotatable bonds is 5. The predicted molar refractivity (Wildman–Crippen MR) is 66.0 cm³/mol. The van der Waals surface area contributed by atoms with E-state index in [0.29, 0.717) is 12.1 Å². The minimum atomic E-state index is 0.472. The van der Waals surface area contributed by atoms with Gasteiger partial charge in [-0.15, -0.1) is 0 Å². The second-order valence-electron chi connectivity index (χ2n) is 3.72. The zero-order valence-electron chi connectivity index (χ0n) is 9.28. The summed E-state index contributed by atoms with van der Waals surface area (Å²) in [7, 11) is 0. The second-order valence-corrected chi connectivity index (χ2v) is 3.72. The fraction of sp³-hybridized carbons (Fsp3) is 0.250. The van der Waals surface area contributed by atoms with Gasteiger partial charge in [-0.3, -0.25) is 4.79 Å². The molecule has 1 aromatic carbocycles. The first-order valence-electron chi connectivity index (χ1n) is 5.40. The third-order valence-electron chi connectivity index (χ3n) is 2.67. The Morgan fingerprint density at radius 3 is 3.00 bits per heavy atom. The first kappa shape index (κ1) is 11.2. The Morgan fingerprint density at radius 2 is 2.24 bits per heavy atom. The van der Waals surface area contributed by atoms with Gasteiger partial charge in [-0.05, 0) is 18.0 Å². The Kier molecular flexibility index (Phi) is 3.43. The molecule has 2 rings (SSSR count). The van der Waals surface area contributed by atoms with E-state index in [4.69, 9.17) is 5.53 Å². The molecule has 17 heavy (non-hydrogen) atoms. The van der Waals surface area contributed by atoms with Gasteiger partial charge in [-0.1, -0.05) is 23.3 Å². The molecule has 5 nitrogen and oxygen atoms in total. The van der Waals surface area contributed by atoms with E-state index in [1.165, 1.54) is 0 Å². The van der Waals surface area contributed by atoms with Gasteiger partial charge in [0, 0.05) is 40.7 Å². The molecule has 0 bridgehead atoms. The fourth-order valence-electron chi connectivity index (χ4n) is 1.91. The highest BCUT2D eigenvalue weighted by Gasteiger charge is 2.06. The van der Waals surface area contributed by atoms with Gasteiger partial charge in [0.2, 0.25) is 0 Å². The van der Waals surface area contributed by atoms with Crippen LogP contribution >= 0.6 is 0 Å². The molecule has 0 saturated carbocycles. The van der Waals surface area contributed by atoms with E-state index >= 15 is 0 Å². The molecular formula is C12H12N4O. The minimum absolute atomic E-state index is 0.472. The van der Waals surface area contributed by atoms with Crippen molar-refractivity contribution in [2.45, 2.75) is 13.0 Å². The van der Waals surface area contributed by atoms with Gasteiger partial charge in [0.15, 0.2) is 6.29 Å². The predicted octanol–water partition coefficient (Wildman–Crippen LogP) is 3.15. The lowest BCUT2D eigenvalue weighted by molar-refractivity contribution is 0.112. The minimum Gasteiger partial charge on any atom is -0.347 e. The van der Waals surface area contributed by atoms with Gasteiger partial charge >= 0.3 is 0 Å². The van der Waals surface area contributed by atoms with Crippen molar-refractivity contribution in [1.82, 2.24) is 4.57 Å². The molecule has 0 atom stereocenters. The molecule has 0 aliphatic carbocycles. The number of para-hydroxylation sites is 1. The summed E-state index contributed by atoms with van der Waals surface area (Å²) >= 11 is 0. The maximum atomic E-state index is 10.9.